The Bertz CT molecular complexity index is 1390. The number of aromatic nitrogens is 2. The van der Waals surface area contributed by atoms with E-state index in [1.165, 1.54) is 35.6 Å². The van der Waals surface area contributed by atoms with Gasteiger partial charge in [-0.15, -0.1) is 11.3 Å². The first-order valence-electron chi connectivity index (χ1n) is 10.7. The van der Waals surface area contributed by atoms with E-state index in [4.69, 9.17) is 10.1 Å². The smallest absolute Gasteiger partial charge is 0.335 e. The lowest BCUT2D eigenvalue weighted by molar-refractivity contribution is -0.487. The zero-order valence-corrected chi connectivity index (χ0v) is 19.2. The van der Waals surface area contributed by atoms with Crippen molar-refractivity contribution in [3.63, 3.8) is 0 Å². The second-order valence-electron chi connectivity index (χ2n) is 8.32. The van der Waals surface area contributed by atoms with Crippen LogP contribution < -0.4 is 5.32 Å². The number of rotatable bonds is 4. The van der Waals surface area contributed by atoms with Crippen molar-refractivity contribution in [1.82, 2.24) is 9.97 Å². The maximum atomic E-state index is 15.1. The molecule has 0 radical (unpaired) electrons. The zero-order chi connectivity index (χ0) is 24.0. The number of aromatic carboxylic acids is 1. The van der Waals surface area contributed by atoms with Crippen LogP contribution in [0.1, 0.15) is 33.3 Å². The van der Waals surface area contributed by atoms with E-state index in [0.29, 0.717) is 22.9 Å². The highest BCUT2D eigenvalue weighted by atomic mass is 32.1. The van der Waals surface area contributed by atoms with Gasteiger partial charge in [0.05, 0.1) is 28.4 Å². The number of aryl methyl sites for hydroxylation is 1. The van der Waals surface area contributed by atoms with E-state index in [9.17, 15) is 9.18 Å². The molecule has 0 spiro atoms. The van der Waals surface area contributed by atoms with Gasteiger partial charge in [-0.1, -0.05) is 13.0 Å². The molecule has 3 N–H and O–H groups in total. The molecule has 0 amide bonds. The SMILES string of the molecule is Cc1cc2c(s1)-c1nc([NH2+]c3ccc(C(=O)O)cc3)ncc1CN=C2C1=C(F)C=CC(C)C1F. The standard InChI is InChI=1S/C25H20F2N4O2S/c1-12-3-8-18(26)19(20(12)27)22-17-9-13(2)34-23(17)21-15(10-28-22)11-29-25(31-21)30-16-6-4-14(5-7-16)24(32)33/h3-9,11-12,20H,10H2,1-2H3,(H,32,33)(H,29,30,31)/p+1. The normalized spacial score (nSPS) is 19.4. The van der Waals surface area contributed by atoms with E-state index >= 15 is 4.39 Å². The maximum Gasteiger partial charge on any atom is 0.335 e. The molecule has 0 bridgehead atoms. The zero-order valence-electron chi connectivity index (χ0n) is 18.4. The number of benzene rings is 1. The maximum absolute atomic E-state index is 15.1. The third kappa shape index (κ3) is 3.97. The Morgan fingerprint density at radius 3 is 2.76 bits per heavy atom. The summed E-state index contributed by atoms with van der Waals surface area (Å²) in [6, 6.07) is 8.32. The molecule has 9 heteroatoms. The first-order chi connectivity index (χ1) is 16.3. The number of carbonyl (C=O) groups is 1. The number of alkyl halides is 1. The van der Waals surface area contributed by atoms with Gasteiger partial charge in [-0.25, -0.2) is 18.9 Å². The van der Waals surface area contributed by atoms with Crippen LogP contribution in [0.4, 0.5) is 20.4 Å². The fourth-order valence-electron chi connectivity index (χ4n) is 4.08. The van der Waals surface area contributed by atoms with Crippen molar-refractivity contribution in [3.05, 3.63) is 81.6 Å². The molecule has 3 aromatic rings. The van der Waals surface area contributed by atoms with Crippen molar-refractivity contribution in [2.24, 2.45) is 10.9 Å². The number of quaternary nitrogens is 1. The first kappa shape index (κ1) is 22.2. The van der Waals surface area contributed by atoms with Crippen molar-refractivity contribution >= 4 is 34.7 Å². The molecule has 1 aliphatic carbocycles. The lowest BCUT2D eigenvalue weighted by Crippen LogP contribution is -2.72. The quantitative estimate of drug-likeness (QED) is 0.526. The highest BCUT2D eigenvalue weighted by Gasteiger charge is 2.33. The average Bonchev–Trinajstić information content (AvgIpc) is 3.14. The number of fused-ring (bicyclic) bond motifs is 3. The van der Waals surface area contributed by atoms with Gasteiger partial charge in [0.2, 0.25) is 0 Å². The number of thiophene rings is 1. The molecule has 5 rings (SSSR count). The number of allylic oxidation sites excluding steroid dienone is 4. The molecule has 172 valence electrons. The molecule has 1 aliphatic heterocycles. The van der Waals surface area contributed by atoms with Gasteiger partial charge in [0.15, 0.2) is 0 Å². The molecule has 2 aromatic heterocycles. The van der Waals surface area contributed by atoms with Gasteiger partial charge in [0.25, 0.3) is 0 Å². The van der Waals surface area contributed by atoms with Gasteiger partial charge >= 0.3 is 11.9 Å². The van der Waals surface area contributed by atoms with Gasteiger partial charge in [-0.2, -0.15) is 9.97 Å². The largest absolute Gasteiger partial charge is 0.478 e. The average molecular weight is 480 g/mol. The van der Waals surface area contributed by atoms with E-state index < -0.39 is 23.9 Å². The summed E-state index contributed by atoms with van der Waals surface area (Å²) in [4.78, 5) is 26.7. The summed E-state index contributed by atoms with van der Waals surface area (Å²) in [5.74, 6) is -1.59. The topological polar surface area (TPSA) is 92.0 Å². The summed E-state index contributed by atoms with van der Waals surface area (Å²) < 4.78 is 29.9. The highest BCUT2D eigenvalue weighted by molar-refractivity contribution is 7.16. The number of nitrogens with two attached hydrogens (primary N) is 1. The number of carboxylic acid groups (broad SMARTS) is 1. The van der Waals surface area contributed by atoms with Crippen LogP contribution >= 0.6 is 11.3 Å². The van der Waals surface area contributed by atoms with Crippen molar-refractivity contribution in [2.75, 3.05) is 0 Å². The second-order valence-corrected chi connectivity index (χ2v) is 9.58. The Kier molecular flexibility index (Phi) is 5.66. The van der Waals surface area contributed by atoms with Crippen LogP contribution in [-0.4, -0.2) is 32.9 Å². The number of halogens is 2. The van der Waals surface area contributed by atoms with E-state index in [0.717, 1.165) is 21.0 Å². The monoisotopic (exact) mass is 479 g/mol. The first-order valence-corrected chi connectivity index (χ1v) is 11.6. The van der Waals surface area contributed by atoms with Gasteiger partial charge in [-0.3, -0.25) is 4.99 Å². The van der Waals surface area contributed by atoms with Crippen molar-refractivity contribution in [1.29, 1.82) is 0 Å². The molecule has 1 aromatic carbocycles. The summed E-state index contributed by atoms with van der Waals surface area (Å²) >= 11 is 1.50. The number of nitrogens with zero attached hydrogens (tertiary/aromatic N) is 3. The van der Waals surface area contributed by atoms with Crippen LogP contribution in [-0.2, 0) is 6.54 Å². The molecule has 0 fully saturated rings. The number of aliphatic imine (C=N–C) groups is 1. The van der Waals surface area contributed by atoms with Crippen molar-refractivity contribution in [3.8, 4) is 10.6 Å². The highest BCUT2D eigenvalue weighted by Crippen LogP contribution is 2.40. The Labute approximate surface area is 198 Å². The molecule has 0 saturated heterocycles. The van der Waals surface area contributed by atoms with Crippen LogP contribution in [0.15, 0.2) is 65.1 Å². The fraction of sp³-hybridized carbons (Fsp3) is 0.200. The summed E-state index contributed by atoms with van der Waals surface area (Å²) in [7, 11) is 0. The van der Waals surface area contributed by atoms with Crippen molar-refractivity contribution in [2.45, 2.75) is 26.6 Å². The summed E-state index contributed by atoms with van der Waals surface area (Å²) in [5.41, 5.74) is 3.40. The number of carboxylic acids is 1. The summed E-state index contributed by atoms with van der Waals surface area (Å²) in [5, 5.41) is 10.8. The molecule has 3 heterocycles. The number of hydrogen-bond donors (Lipinski definition) is 2. The third-order valence-corrected chi connectivity index (χ3v) is 6.92. The lowest BCUT2D eigenvalue weighted by Gasteiger charge is -2.22. The van der Waals surface area contributed by atoms with Crippen LogP contribution in [0.5, 0.6) is 0 Å². The Morgan fingerprint density at radius 1 is 1.26 bits per heavy atom. The minimum absolute atomic E-state index is 0.0138. The number of hydrogen-bond acceptors (Lipinski definition) is 5. The van der Waals surface area contributed by atoms with E-state index in [1.54, 1.807) is 30.6 Å². The predicted octanol–water partition coefficient (Wildman–Crippen LogP) is 4.81. The predicted molar refractivity (Wildman–Crippen MR) is 126 cm³/mol. The molecule has 6 nitrogen and oxygen atoms in total. The Morgan fingerprint density at radius 2 is 2.03 bits per heavy atom. The molecule has 2 aliphatic rings. The fourth-order valence-corrected chi connectivity index (χ4v) is 5.12. The molecule has 2 atom stereocenters. The summed E-state index contributed by atoms with van der Waals surface area (Å²) in [6.07, 6.45) is 3.05. The third-order valence-electron chi connectivity index (χ3n) is 5.87. The van der Waals surface area contributed by atoms with E-state index in [1.807, 2.05) is 13.0 Å². The molecule has 0 saturated carbocycles. The van der Waals surface area contributed by atoms with Gasteiger partial charge < -0.3 is 5.11 Å². The van der Waals surface area contributed by atoms with Crippen LogP contribution in [0.3, 0.4) is 0 Å². The molecular weight excluding hydrogens is 458 g/mol. The van der Waals surface area contributed by atoms with Gasteiger partial charge in [-0.05, 0) is 31.2 Å². The van der Waals surface area contributed by atoms with Crippen LogP contribution in [0.2, 0.25) is 0 Å². The lowest BCUT2D eigenvalue weighted by atomic mass is 9.87. The molecule has 34 heavy (non-hydrogen) atoms. The minimum Gasteiger partial charge on any atom is -0.478 e. The van der Waals surface area contributed by atoms with E-state index in [2.05, 4.69) is 9.98 Å². The second kappa shape index (κ2) is 8.66. The van der Waals surface area contributed by atoms with Gasteiger partial charge in [0.1, 0.15) is 17.7 Å². The molecular formula is C25H21F2N4O2S+. The summed E-state index contributed by atoms with van der Waals surface area (Å²) in [6.45, 7) is 3.87. The van der Waals surface area contributed by atoms with Gasteiger partial charge in [0, 0.05) is 45.8 Å². The van der Waals surface area contributed by atoms with Crippen LogP contribution in [0.25, 0.3) is 10.6 Å². The van der Waals surface area contributed by atoms with E-state index in [-0.39, 0.29) is 17.7 Å². The van der Waals surface area contributed by atoms with Crippen molar-refractivity contribution < 1.29 is 24.0 Å². The Balaban J connectivity index is 1.55. The molecule has 2 unspecified atom stereocenters. The Hall–Kier alpha value is -3.56. The minimum atomic E-state index is -1.48. The van der Waals surface area contributed by atoms with Crippen LogP contribution in [0, 0.1) is 12.8 Å².